The van der Waals surface area contributed by atoms with Crippen LogP contribution in [-0.4, -0.2) is 45.7 Å². The van der Waals surface area contributed by atoms with Gasteiger partial charge in [-0.05, 0) is 33.6 Å². The predicted octanol–water partition coefficient (Wildman–Crippen LogP) is 1.21. The Morgan fingerprint density at radius 1 is 1.38 bits per heavy atom. The van der Waals surface area contributed by atoms with Gasteiger partial charge in [-0.3, -0.25) is 0 Å². The van der Waals surface area contributed by atoms with Crippen molar-refractivity contribution in [3.63, 3.8) is 0 Å². The number of hydrogen-bond donors (Lipinski definition) is 1. The van der Waals surface area contributed by atoms with Crippen molar-refractivity contribution < 1.29 is 13.2 Å². The molecular formula is C11H25NO3S. The lowest BCUT2D eigenvalue weighted by atomic mass is 10.00. The Labute approximate surface area is 99.7 Å². The summed E-state index contributed by atoms with van der Waals surface area (Å²) >= 11 is 0. The summed E-state index contributed by atoms with van der Waals surface area (Å²) in [5.74, 6) is 0.226. The zero-order chi connectivity index (χ0) is 12.8. The monoisotopic (exact) mass is 251 g/mol. The second-order valence-corrected chi connectivity index (χ2v) is 7.35. The van der Waals surface area contributed by atoms with Gasteiger partial charge >= 0.3 is 0 Å². The normalized spacial score (nSPS) is 15.1. The zero-order valence-corrected chi connectivity index (χ0v) is 11.9. The lowest BCUT2D eigenvalue weighted by Crippen LogP contribution is -2.46. The van der Waals surface area contributed by atoms with Gasteiger partial charge < -0.3 is 10.1 Å². The van der Waals surface area contributed by atoms with Gasteiger partial charge in [-0.1, -0.05) is 0 Å². The number of rotatable bonds is 8. The maximum Gasteiger partial charge on any atom is 0.147 e. The van der Waals surface area contributed by atoms with E-state index in [-0.39, 0.29) is 11.3 Å². The molecule has 16 heavy (non-hydrogen) atoms. The molecule has 1 unspecified atom stereocenters. The summed E-state index contributed by atoms with van der Waals surface area (Å²) in [7, 11) is -1.19. The van der Waals surface area contributed by atoms with Crippen molar-refractivity contribution in [3.05, 3.63) is 0 Å². The third kappa shape index (κ3) is 9.12. The van der Waals surface area contributed by atoms with Gasteiger partial charge in [0, 0.05) is 31.6 Å². The molecule has 5 heteroatoms. The Morgan fingerprint density at radius 3 is 2.38 bits per heavy atom. The third-order valence-electron chi connectivity index (χ3n) is 2.49. The van der Waals surface area contributed by atoms with Crippen LogP contribution in [0.4, 0.5) is 0 Å². The fourth-order valence-corrected chi connectivity index (χ4v) is 2.43. The molecule has 0 amide bonds. The molecule has 0 rings (SSSR count). The van der Waals surface area contributed by atoms with Crippen LogP contribution in [0, 0.1) is 0 Å². The highest BCUT2D eigenvalue weighted by atomic mass is 32.2. The van der Waals surface area contributed by atoms with E-state index in [2.05, 4.69) is 12.2 Å². The molecular weight excluding hydrogens is 226 g/mol. The molecule has 4 nitrogen and oxygen atoms in total. The van der Waals surface area contributed by atoms with Crippen LogP contribution in [0.3, 0.4) is 0 Å². The number of sulfone groups is 1. The first kappa shape index (κ1) is 15.9. The van der Waals surface area contributed by atoms with Crippen molar-refractivity contribution in [2.24, 2.45) is 0 Å². The molecule has 0 aliphatic carbocycles. The maximum atomic E-state index is 11.1. The molecule has 0 bridgehead atoms. The van der Waals surface area contributed by atoms with Crippen LogP contribution < -0.4 is 5.32 Å². The summed E-state index contributed by atoms with van der Waals surface area (Å²) in [4.78, 5) is 0. The quantitative estimate of drug-likeness (QED) is 0.704. The second kappa shape index (κ2) is 6.57. The van der Waals surface area contributed by atoms with Crippen molar-refractivity contribution in [2.75, 3.05) is 25.7 Å². The number of ether oxygens (including phenoxy) is 1. The zero-order valence-electron chi connectivity index (χ0n) is 11.0. The molecule has 0 fully saturated rings. The average Bonchev–Trinajstić information content (AvgIpc) is 2.10. The summed E-state index contributed by atoms with van der Waals surface area (Å²) in [6.45, 7) is 6.86. The smallest absolute Gasteiger partial charge is 0.147 e. The minimum Gasteiger partial charge on any atom is -0.385 e. The summed E-state index contributed by atoms with van der Waals surface area (Å²) in [6, 6.07) is 0.328. The molecule has 0 aromatic heterocycles. The van der Waals surface area contributed by atoms with Gasteiger partial charge in [0.15, 0.2) is 0 Å². The molecule has 0 saturated carbocycles. The van der Waals surface area contributed by atoms with Crippen molar-refractivity contribution in [1.82, 2.24) is 5.32 Å². The Bertz CT molecular complexity index is 286. The largest absolute Gasteiger partial charge is 0.385 e. The Hall–Kier alpha value is -0.130. The Morgan fingerprint density at radius 2 is 1.94 bits per heavy atom. The number of nitrogens with one attached hydrogen (secondary N) is 1. The predicted molar refractivity (Wildman–Crippen MR) is 67.5 cm³/mol. The topological polar surface area (TPSA) is 55.4 Å². The van der Waals surface area contributed by atoms with Crippen molar-refractivity contribution in [1.29, 1.82) is 0 Å². The number of methoxy groups -OCH3 is 1. The van der Waals surface area contributed by atoms with E-state index in [1.165, 1.54) is 6.26 Å². The molecule has 0 radical (unpaired) electrons. The van der Waals surface area contributed by atoms with E-state index in [9.17, 15) is 8.42 Å². The van der Waals surface area contributed by atoms with Gasteiger partial charge in [0.25, 0.3) is 0 Å². The summed E-state index contributed by atoms with van der Waals surface area (Å²) in [5, 5.41) is 3.42. The van der Waals surface area contributed by atoms with Crippen LogP contribution >= 0.6 is 0 Å². The molecule has 0 aliphatic rings. The molecule has 0 aliphatic heterocycles. The van der Waals surface area contributed by atoms with Crippen LogP contribution in [0.5, 0.6) is 0 Å². The van der Waals surface area contributed by atoms with E-state index in [0.29, 0.717) is 12.5 Å². The van der Waals surface area contributed by atoms with Gasteiger partial charge in [-0.15, -0.1) is 0 Å². The molecule has 1 N–H and O–H groups in total. The molecule has 0 aromatic carbocycles. The summed E-state index contributed by atoms with van der Waals surface area (Å²) in [5.41, 5.74) is -0.157. The van der Waals surface area contributed by atoms with Gasteiger partial charge in [-0.25, -0.2) is 8.42 Å². The maximum absolute atomic E-state index is 11.1. The standard InChI is InChI=1S/C11H25NO3S/c1-10(6-8-15-4)12-11(2,3)7-9-16(5,13)14/h10,12H,6-9H2,1-5H3. The lowest BCUT2D eigenvalue weighted by molar-refractivity contribution is 0.177. The molecule has 0 saturated heterocycles. The van der Waals surface area contributed by atoms with E-state index in [1.807, 2.05) is 13.8 Å². The molecule has 98 valence electrons. The van der Waals surface area contributed by atoms with Crippen LogP contribution in [0.15, 0.2) is 0 Å². The van der Waals surface area contributed by atoms with E-state index in [0.717, 1.165) is 13.0 Å². The lowest BCUT2D eigenvalue weighted by Gasteiger charge is -2.30. The Kier molecular flexibility index (Phi) is 6.51. The third-order valence-corrected chi connectivity index (χ3v) is 3.44. The first-order valence-corrected chi connectivity index (χ1v) is 7.67. The van der Waals surface area contributed by atoms with E-state index in [4.69, 9.17) is 4.74 Å². The van der Waals surface area contributed by atoms with E-state index < -0.39 is 9.84 Å². The van der Waals surface area contributed by atoms with Crippen LogP contribution in [0.25, 0.3) is 0 Å². The van der Waals surface area contributed by atoms with Crippen molar-refractivity contribution >= 4 is 9.84 Å². The van der Waals surface area contributed by atoms with Gasteiger partial charge in [-0.2, -0.15) is 0 Å². The second-order valence-electron chi connectivity index (χ2n) is 5.09. The van der Waals surface area contributed by atoms with Crippen LogP contribution in [0.2, 0.25) is 0 Å². The van der Waals surface area contributed by atoms with E-state index >= 15 is 0 Å². The summed E-state index contributed by atoms with van der Waals surface area (Å²) in [6.07, 6.45) is 2.83. The molecule has 0 heterocycles. The Balaban J connectivity index is 4.03. The highest BCUT2D eigenvalue weighted by molar-refractivity contribution is 7.90. The molecule has 0 aromatic rings. The van der Waals surface area contributed by atoms with Crippen molar-refractivity contribution in [2.45, 2.75) is 45.2 Å². The van der Waals surface area contributed by atoms with Gasteiger partial charge in [0.2, 0.25) is 0 Å². The summed E-state index contributed by atoms with van der Waals surface area (Å²) < 4.78 is 27.2. The molecule has 0 spiro atoms. The first-order chi connectivity index (χ1) is 7.16. The SMILES string of the molecule is COCCC(C)NC(C)(C)CCS(C)(=O)=O. The fraction of sp³-hybridized carbons (Fsp3) is 1.00. The van der Waals surface area contributed by atoms with E-state index in [1.54, 1.807) is 7.11 Å². The molecule has 1 atom stereocenters. The highest BCUT2D eigenvalue weighted by Crippen LogP contribution is 2.12. The van der Waals surface area contributed by atoms with Crippen LogP contribution in [0.1, 0.15) is 33.6 Å². The first-order valence-electron chi connectivity index (χ1n) is 5.61. The number of hydrogen-bond acceptors (Lipinski definition) is 4. The fourth-order valence-electron chi connectivity index (χ4n) is 1.55. The average molecular weight is 251 g/mol. The minimum absolute atomic E-state index is 0.157. The van der Waals surface area contributed by atoms with Gasteiger partial charge in [0.05, 0.1) is 5.75 Å². The minimum atomic E-state index is -2.87. The van der Waals surface area contributed by atoms with Crippen molar-refractivity contribution in [3.8, 4) is 0 Å². The van der Waals surface area contributed by atoms with Crippen LogP contribution in [-0.2, 0) is 14.6 Å². The highest BCUT2D eigenvalue weighted by Gasteiger charge is 2.21. The van der Waals surface area contributed by atoms with Gasteiger partial charge in [0.1, 0.15) is 9.84 Å².